The minimum absolute atomic E-state index is 0.0595. The molecule has 0 atom stereocenters. The Morgan fingerprint density at radius 2 is 1.64 bits per heavy atom. The summed E-state index contributed by atoms with van der Waals surface area (Å²) in [5.74, 6) is 0. The number of likely N-dealkylation sites (tertiary alicyclic amines) is 1. The van der Waals surface area contributed by atoms with Crippen molar-refractivity contribution >= 4 is 12.1 Å². The first-order valence-corrected chi connectivity index (χ1v) is 11.0. The number of piperazine rings is 1. The Morgan fingerprint density at radius 1 is 0.929 bits per heavy atom. The smallest absolute Gasteiger partial charge is 0.317 e. The number of hydrogen-bond acceptors (Lipinski definition) is 3. The van der Waals surface area contributed by atoms with Gasteiger partial charge in [-0.3, -0.25) is 4.90 Å². The number of urea groups is 1. The van der Waals surface area contributed by atoms with Gasteiger partial charge in [-0.2, -0.15) is 0 Å². The van der Waals surface area contributed by atoms with Crippen molar-refractivity contribution in [2.45, 2.75) is 37.6 Å². The maximum Gasteiger partial charge on any atom is 0.317 e. The van der Waals surface area contributed by atoms with Crippen LogP contribution in [0.1, 0.15) is 37.7 Å². The van der Waals surface area contributed by atoms with Gasteiger partial charge in [0.05, 0.1) is 5.54 Å². The molecule has 0 unspecified atom stereocenters. The van der Waals surface area contributed by atoms with Crippen molar-refractivity contribution in [1.29, 1.82) is 0 Å². The lowest BCUT2D eigenvalue weighted by molar-refractivity contribution is 0.138. The van der Waals surface area contributed by atoms with Gasteiger partial charge in [-0.15, -0.1) is 0 Å². The van der Waals surface area contributed by atoms with Crippen LogP contribution >= 0.6 is 0 Å². The summed E-state index contributed by atoms with van der Waals surface area (Å²) in [7, 11) is 0. The lowest BCUT2D eigenvalue weighted by atomic mass is 10.1. The molecular formula is C23H34N4O. The molecule has 3 aliphatic rings. The Hall–Kier alpha value is -1.85. The fourth-order valence-electron chi connectivity index (χ4n) is 4.36. The minimum Gasteiger partial charge on any atom is -0.331 e. The third-order valence-electron chi connectivity index (χ3n) is 6.33. The Bertz CT molecular complexity index is 656. The van der Waals surface area contributed by atoms with Crippen LogP contribution in [0, 0.1) is 0 Å². The monoisotopic (exact) mass is 382 g/mol. The van der Waals surface area contributed by atoms with Crippen LogP contribution in [0.3, 0.4) is 0 Å². The number of carbonyl (C=O) groups excluding carboxylic acids is 1. The van der Waals surface area contributed by atoms with Gasteiger partial charge in [0.1, 0.15) is 0 Å². The molecule has 152 valence electrons. The summed E-state index contributed by atoms with van der Waals surface area (Å²) in [5, 5.41) is 3.38. The molecule has 1 N–H and O–H groups in total. The first kappa shape index (κ1) is 19.5. The van der Waals surface area contributed by atoms with Crippen molar-refractivity contribution in [2.75, 3.05) is 52.4 Å². The van der Waals surface area contributed by atoms with E-state index in [1.54, 1.807) is 0 Å². The highest BCUT2D eigenvalue weighted by Crippen LogP contribution is 2.37. The molecule has 0 bridgehead atoms. The van der Waals surface area contributed by atoms with Crippen LogP contribution in [0.25, 0.3) is 6.08 Å². The van der Waals surface area contributed by atoms with Crippen molar-refractivity contribution in [3.05, 3.63) is 42.0 Å². The van der Waals surface area contributed by atoms with Gasteiger partial charge in [-0.25, -0.2) is 4.79 Å². The third-order valence-corrected chi connectivity index (χ3v) is 6.33. The summed E-state index contributed by atoms with van der Waals surface area (Å²) in [5.41, 5.74) is 1.30. The van der Waals surface area contributed by atoms with E-state index in [2.05, 4.69) is 51.5 Å². The van der Waals surface area contributed by atoms with E-state index in [0.717, 1.165) is 52.1 Å². The van der Waals surface area contributed by atoms with Crippen LogP contribution in [-0.2, 0) is 0 Å². The molecule has 0 spiro atoms. The molecule has 5 heteroatoms. The van der Waals surface area contributed by atoms with E-state index < -0.39 is 0 Å². The Kier molecular flexibility index (Phi) is 6.33. The van der Waals surface area contributed by atoms with Gasteiger partial charge in [0, 0.05) is 39.3 Å². The van der Waals surface area contributed by atoms with Gasteiger partial charge in [-0.05, 0) is 44.3 Å². The standard InChI is InChI=1S/C23H34N4O/c28-22(24-23(11-12-23)20-26-13-5-2-6-14-26)27-18-16-25(17-19-27)15-7-10-21-8-3-1-4-9-21/h1,3-4,7-10H,2,5-6,11-20H2,(H,24,28)/b10-7+. The summed E-state index contributed by atoms with van der Waals surface area (Å²) >= 11 is 0. The number of carbonyl (C=O) groups is 1. The highest BCUT2D eigenvalue weighted by molar-refractivity contribution is 5.75. The maximum absolute atomic E-state index is 12.8. The Labute approximate surface area is 169 Å². The topological polar surface area (TPSA) is 38.8 Å². The van der Waals surface area contributed by atoms with E-state index in [1.165, 1.54) is 37.9 Å². The van der Waals surface area contributed by atoms with Gasteiger partial charge < -0.3 is 15.1 Å². The maximum atomic E-state index is 12.8. The lowest BCUT2D eigenvalue weighted by Crippen LogP contribution is -2.56. The number of benzene rings is 1. The van der Waals surface area contributed by atoms with Crippen molar-refractivity contribution < 1.29 is 4.79 Å². The molecule has 0 aromatic heterocycles. The summed E-state index contributed by atoms with van der Waals surface area (Å²) in [6.45, 7) is 7.94. The Morgan fingerprint density at radius 3 is 2.32 bits per heavy atom. The van der Waals surface area contributed by atoms with E-state index in [-0.39, 0.29) is 11.6 Å². The fourth-order valence-corrected chi connectivity index (χ4v) is 4.36. The average molecular weight is 383 g/mol. The molecule has 1 aromatic carbocycles. The lowest BCUT2D eigenvalue weighted by Gasteiger charge is -2.36. The summed E-state index contributed by atoms with van der Waals surface area (Å²) in [6, 6.07) is 10.6. The summed E-state index contributed by atoms with van der Waals surface area (Å²) < 4.78 is 0. The molecular weight excluding hydrogens is 348 g/mol. The van der Waals surface area contributed by atoms with Crippen LogP contribution in [0.5, 0.6) is 0 Å². The SMILES string of the molecule is O=C(NC1(CN2CCCCC2)CC1)N1CCN(C/C=C/c2ccccc2)CC1. The molecule has 1 saturated carbocycles. The van der Waals surface area contributed by atoms with Crippen molar-refractivity contribution in [2.24, 2.45) is 0 Å². The molecule has 4 rings (SSSR count). The zero-order valence-electron chi connectivity index (χ0n) is 17.0. The number of rotatable bonds is 6. The van der Waals surface area contributed by atoms with Crippen LogP contribution < -0.4 is 5.32 Å². The van der Waals surface area contributed by atoms with Gasteiger partial charge in [0.15, 0.2) is 0 Å². The number of amides is 2. The van der Waals surface area contributed by atoms with Gasteiger partial charge in [0.25, 0.3) is 0 Å². The molecule has 1 aromatic rings. The van der Waals surface area contributed by atoms with Crippen LogP contribution in [-0.4, -0.2) is 78.6 Å². The van der Waals surface area contributed by atoms with E-state index in [4.69, 9.17) is 0 Å². The number of piperidine rings is 1. The second-order valence-electron chi connectivity index (χ2n) is 8.65. The molecule has 5 nitrogen and oxygen atoms in total. The third kappa shape index (κ3) is 5.36. The van der Waals surface area contributed by atoms with Crippen molar-refractivity contribution in [1.82, 2.24) is 20.0 Å². The normalized spacial score (nSPS) is 23.1. The first-order valence-electron chi connectivity index (χ1n) is 11.0. The highest BCUT2D eigenvalue weighted by atomic mass is 16.2. The number of nitrogens with one attached hydrogen (secondary N) is 1. The second kappa shape index (κ2) is 9.10. The van der Waals surface area contributed by atoms with E-state index in [0.29, 0.717) is 0 Å². The van der Waals surface area contributed by atoms with Crippen LogP contribution in [0.15, 0.2) is 36.4 Å². The fraction of sp³-hybridized carbons (Fsp3) is 0.609. The minimum atomic E-state index is 0.0595. The predicted octanol–water partition coefficient (Wildman–Crippen LogP) is 3.05. The molecule has 2 amide bonds. The van der Waals surface area contributed by atoms with Gasteiger partial charge in [-0.1, -0.05) is 48.9 Å². The van der Waals surface area contributed by atoms with Crippen LogP contribution in [0.2, 0.25) is 0 Å². The molecule has 3 fully saturated rings. The predicted molar refractivity (Wildman–Crippen MR) is 114 cm³/mol. The first-order chi connectivity index (χ1) is 13.7. The van der Waals surface area contributed by atoms with E-state index in [1.807, 2.05) is 11.0 Å². The van der Waals surface area contributed by atoms with E-state index >= 15 is 0 Å². The van der Waals surface area contributed by atoms with Gasteiger partial charge in [0.2, 0.25) is 0 Å². The van der Waals surface area contributed by atoms with Crippen LogP contribution in [0.4, 0.5) is 4.79 Å². The molecule has 2 saturated heterocycles. The summed E-state index contributed by atoms with van der Waals surface area (Å²) in [6.07, 6.45) is 10.7. The number of hydrogen-bond donors (Lipinski definition) is 1. The molecule has 2 aliphatic heterocycles. The second-order valence-corrected chi connectivity index (χ2v) is 8.65. The zero-order valence-corrected chi connectivity index (χ0v) is 17.0. The Balaban J connectivity index is 1.18. The molecule has 28 heavy (non-hydrogen) atoms. The average Bonchev–Trinajstić information content (AvgIpc) is 3.49. The van der Waals surface area contributed by atoms with E-state index in [9.17, 15) is 4.79 Å². The summed E-state index contributed by atoms with van der Waals surface area (Å²) in [4.78, 5) is 19.7. The number of nitrogens with zero attached hydrogens (tertiary/aromatic N) is 3. The zero-order chi connectivity index (χ0) is 19.2. The molecule has 1 aliphatic carbocycles. The highest BCUT2D eigenvalue weighted by Gasteiger charge is 2.46. The largest absolute Gasteiger partial charge is 0.331 e. The quantitative estimate of drug-likeness (QED) is 0.822. The molecule has 2 heterocycles. The molecule has 0 radical (unpaired) electrons. The van der Waals surface area contributed by atoms with Crippen molar-refractivity contribution in [3.63, 3.8) is 0 Å². The van der Waals surface area contributed by atoms with Crippen molar-refractivity contribution in [3.8, 4) is 0 Å². The van der Waals surface area contributed by atoms with Gasteiger partial charge >= 0.3 is 6.03 Å².